The van der Waals surface area contributed by atoms with Gasteiger partial charge >= 0.3 is 10.4 Å². The van der Waals surface area contributed by atoms with Gasteiger partial charge in [-0.3, -0.25) is 0 Å². The van der Waals surface area contributed by atoms with Crippen LogP contribution >= 0.6 is 0 Å². The first-order valence-electron chi connectivity index (χ1n) is 1.14. The molecule has 0 unspecified atom stereocenters. The van der Waals surface area contributed by atoms with E-state index in [0.717, 1.165) is 0 Å². The third-order valence-electron chi connectivity index (χ3n) is 0.236. The number of nitrogens with two attached hydrogens (primary N) is 2. The third kappa shape index (κ3) is 11.2. The fourth-order valence-electron chi connectivity index (χ4n) is 0.0227. The van der Waals surface area contributed by atoms with Crippen LogP contribution in [0.25, 0.3) is 0 Å². The number of hydrogen-bond acceptors (Lipinski definition) is 6. The zero-order valence-electron chi connectivity index (χ0n) is 4.51. The summed E-state index contributed by atoms with van der Waals surface area (Å²) < 4.78 is 25.8. The van der Waals surface area contributed by atoms with Crippen LogP contribution in [0.5, 0.6) is 0 Å². The molecular formula is H8N2O6PtS. The molecule has 0 saturated heterocycles. The summed E-state index contributed by atoms with van der Waals surface area (Å²) in [7, 11) is -4.10. The molecule has 10 heteroatoms. The van der Waals surface area contributed by atoms with E-state index in [1.165, 1.54) is 0 Å². The van der Waals surface area contributed by atoms with Crippen molar-refractivity contribution in [2.45, 2.75) is 0 Å². The van der Waals surface area contributed by atoms with Crippen LogP contribution in [-0.2, 0) is 40.0 Å². The maximum atomic E-state index is 9.67. The van der Waals surface area contributed by atoms with Gasteiger partial charge in [-0.2, -0.15) is 28.8 Å². The second-order valence-electron chi connectivity index (χ2n) is 0.601. The number of hydrogen-bond donors (Lipinski definition) is 2. The van der Waals surface area contributed by atoms with E-state index in [1.807, 2.05) is 0 Å². The van der Waals surface area contributed by atoms with Gasteiger partial charge in [-0.05, 0) is 0 Å². The van der Waals surface area contributed by atoms with Gasteiger partial charge in [0.15, 0.2) is 0 Å². The molecule has 0 aliphatic rings. The molecule has 8 nitrogen and oxygen atoms in total. The fourth-order valence-corrected chi connectivity index (χ4v) is 0.0680. The Bertz CT molecular complexity index is 119. The minimum Gasteiger partial charge on any atom is -0.412 e. The first-order chi connectivity index (χ1) is 3.12. The summed E-state index contributed by atoms with van der Waals surface area (Å²) in [4.78, 5) is 0. The Morgan fingerprint density at radius 3 is 1.20 bits per heavy atom. The van der Waals surface area contributed by atoms with E-state index in [4.69, 9.17) is 0 Å². The van der Waals surface area contributed by atoms with Crippen molar-refractivity contribution >= 4 is 10.4 Å². The molecule has 0 aromatic rings. The van der Waals surface area contributed by atoms with E-state index in [2.05, 4.69) is 20.4 Å². The zero-order valence-corrected chi connectivity index (χ0v) is 7.60. The van der Waals surface area contributed by atoms with E-state index >= 15 is 0 Å². The first kappa shape index (κ1) is 22.4. The van der Waals surface area contributed by atoms with Gasteiger partial charge in [0.2, 0.25) is 0 Å². The zero-order chi connectivity index (χ0) is 5.91. The van der Waals surface area contributed by atoms with Crippen molar-refractivity contribution in [2.75, 3.05) is 0 Å². The quantitative estimate of drug-likeness (QED) is 0.482. The monoisotopic (exact) mass is 359 g/mol. The maximum Gasteiger partial charge on any atom is 0.431 e. The Morgan fingerprint density at radius 1 is 1.00 bits per heavy atom. The second kappa shape index (κ2) is 9.40. The van der Waals surface area contributed by atoms with Crippen LogP contribution in [0.1, 0.15) is 0 Å². The van der Waals surface area contributed by atoms with Gasteiger partial charge in [0, 0.05) is 21.1 Å². The number of rotatable bonds is 2. The van der Waals surface area contributed by atoms with Gasteiger partial charge in [0.05, 0.1) is 0 Å². The Morgan fingerprint density at radius 2 is 1.20 bits per heavy atom. The van der Waals surface area contributed by atoms with Gasteiger partial charge < -0.3 is 11.0 Å². The van der Waals surface area contributed by atoms with E-state index in [1.54, 1.807) is 0 Å². The normalized spacial score (nSPS) is 8.20. The summed E-state index contributed by atoms with van der Waals surface area (Å²) in [5, 5.41) is 0. The van der Waals surface area contributed by atoms with Crippen LogP contribution in [0.3, 0.4) is 0 Å². The molecule has 0 heterocycles. The molecule has 0 aliphatic heterocycles. The molecule has 8 N–H and O–H groups in total. The third-order valence-corrected chi connectivity index (χ3v) is 0.707. The largest absolute Gasteiger partial charge is 0.431 e. The van der Waals surface area contributed by atoms with Crippen LogP contribution in [0.15, 0.2) is 0 Å². The molecule has 0 aromatic carbocycles. The van der Waals surface area contributed by atoms with Crippen molar-refractivity contribution in [3.63, 3.8) is 0 Å². The fraction of sp³-hybridized carbons (Fsp3) is 0. The smallest absolute Gasteiger partial charge is 0.412 e. The van der Waals surface area contributed by atoms with Crippen molar-refractivity contribution in [1.82, 2.24) is 0 Å². The molecule has 0 fully saturated rings. The van der Waals surface area contributed by atoms with Crippen molar-refractivity contribution in [3.05, 3.63) is 0 Å². The van der Waals surface area contributed by atoms with Crippen LogP contribution in [-0.4, -0.2) is 19.4 Å². The average molecular weight is 359 g/mol. The molecule has 0 bridgehead atoms. The Hall–Kier alpha value is 0.398. The van der Waals surface area contributed by atoms with E-state index in [9.17, 15) is 8.42 Å². The molecule has 0 aromatic heterocycles. The summed E-state index contributed by atoms with van der Waals surface area (Å²) in [5.41, 5.74) is 0. The molecule has 10 heavy (non-hydrogen) atoms. The van der Waals surface area contributed by atoms with Gasteiger partial charge in [0.1, 0.15) is 0 Å². The predicted molar refractivity (Wildman–Crippen MR) is 26.7 cm³/mol. The predicted octanol–water partition coefficient (Wildman–Crippen LogP) is -3.64. The van der Waals surface area contributed by atoms with Gasteiger partial charge in [-0.1, -0.05) is 0 Å². The molecule has 0 radical (unpaired) electrons. The summed E-state index contributed by atoms with van der Waals surface area (Å²) >= 11 is 0. The Balaban J connectivity index is -0.0000000600. The minimum atomic E-state index is -4.10. The Kier molecular flexibility index (Phi) is 21.1. The van der Waals surface area contributed by atoms with Crippen LogP contribution < -0.4 is 11.8 Å². The minimum absolute atomic E-state index is 0. The standard InChI is InChI=1S/H4N2O4S.2H2O.Pt/c1-5-7(3,4)6-2;;;/h1-2H2;2*1H2;. The summed E-state index contributed by atoms with van der Waals surface area (Å²) in [6, 6.07) is 0. The molecule has 0 atom stereocenters. The van der Waals surface area contributed by atoms with Gasteiger partial charge in [-0.15, -0.1) is 0 Å². The van der Waals surface area contributed by atoms with Gasteiger partial charge in [0.25, 0.3) is 0 Å². The average Bonchev–Trinajstić information content (AvgIpc) is 1.68. The molecule has 70 valence electrons. The summed E-state index contributed by atoms with van der Waals surface area (Å²) in [6.45, 7) is 0. The van der Waals surface area contributed by atoms with Crippen molar-refractivity contribution in [3.8, 4) is 0 Å². The topological polar surface area (TPSA) is 168 Å². The van der Waals surface area contributed by atoms with Crippen LogP contribution in [0.4, 0.5) is 0 Å². The van der Waals surface area contributed by atoms with Gasteiger partial charge in [-0.25, -0.2) is 0 Å². The second-order valence-corrected chi connectivity index (χ2v) is 1.80. The first-order valence-corrected chi connectivity index (χ1v) is 2.47. The van der Waals surface area contributed by atoms with Crippen LogP contribution in [0.2, 0.25) is 0 Å². The maximum absolute atomic E-state index is 9.67. The molecule has 0 rings (SSSR count). The molecule has 0 spiro atoms. The van der Waals surface area contributed by atoms with E-state index in [0.29, 0.717) is 0 Å². The molecular weight excluding hydrogens is 351 g/mol. The molecule has 0 saturated carbocycles. The molecule has 0 amide bonds. The van der Waals surface area contributed by atoms with Crippen molar-refractivity contribution in [2.24, 2.45) is 11.8 Å². The van der Waals surface area contributed by atoms with E-state index < -0.39 is 10.4 Å². The van der Waals surface area contributed by atoms with Crippen molar-refractivity contribution in [1.29, 1.82) is 0 Å². The van der Waals surface area contributed by atoms with Crippen LogP contribution in [0, 0.1) is 0 Å². The molecule has 0 aliphatic carbocycles. The SMILES string of the molecule is NOS(=O)(=O)ON.O.O.[Pt]. The summed E-state index contributed by atoms with van der Waals surface area (Å²) in [5.74, 6) is 8.25. The summed E-state index contributed by atoms with van der Waals surface area (Å²) in [6.07, 6.45) is 0. The van der Waals surface area contributed by atoms with Crippen molar-refractivity contribution < 1.29 is 49.0 Å². The Labute approximate surface area is 71.6 Å². The van der Waals surface area contributed by atoms with E-state index in [-0.39, 0.29) is 32.0 Å².